The summed E-state index contributed by atoms with van der Waals surface area (Å²) in [4.78, 5) is 39.1. The lowest BCUT2D eigenvalue weighted by Gasteiger charge is -2.40. The molecule has 4 aromatic rings. The van der Waals surface area contributed by atoms with Crippen LogP contribution in [0.1, 0.15) is 32.3 Å². The molecule has 0 N–H and O–H groups in total. The maximum atomic E-state index is 14.9. The van der Waals surface area contributed by atoms with Crippen molar-refractivity contribution in [2.45, 2.75) is 32.7 Å². The number of fused-ring (bicyclic) bond motifs is 1. The largest absolute Gasteiger partial charge is 0.355 e. The highest BCUT2D eigenvalue weighted by Gasteiger charge is 2.30. The minimum atomic E-state index is -0.503. The third-order valence-corrected chi connectivity index (χ3v) is 7.40. The zero-order chi connectivity index (χ0) is 27.8. The highest BCUT2D eigenvalue weighted by molar-refractivity contribution is 6.33. The number of para-hydroxylation sites is 1. The summed E-state index contributed by atoms with van der Waals surface area (Å²) < 4.78 is 16.3. The van der Waals surface area contributed by atoms with Gasteiger partial charge in [0.05, 0.1) is 21.8 Å². The lowest BCUT2D eigenvalue weighted by atomic mass is 10.0. The number of aromatic nitrogens is 3. The second-order valence-corrected chi connectivity index (χ2v) is 10.4. The average Bonchev–Trinajstić information content (AvgIpc) is 2.92. The molecule has 1 unspecified atom stereocenters. The van der Waals surface area contributed by atoms with Gasteiger partial charge in [0.1, 0.15) is 11.6 Å². The second kappa shape index (κ2) is 10.6. The van der Waals surface area contributed by atoms with Crippen molar-refractivity contribution in [2.24, 2.45) is 0 Å². The molecule has 0 radical (unpaired) electrons. The van der Waals surface area contributed by atoms with Gasteiger partial charge >= 0.3 is 5.69 Å². The van der Waals surface area contributed by atoms with Crippen LogP contribution in [0.2, 0.25) is 5.02 Å². The first-order chi connectivity index (χ1) is 18.7. The number of hydrogen-bond acceptors (Lipinski definition) is 5. The van der Waals surface area contributed by atoms with E-state index in [0.717, 1.165) is 5.56 Å². The Morgan fingerprint density at radius 1 is 1.13 bits per heavy atom. The van der Waals surface area contributed by atoms with Gasteiger partial charge < -0.3 is 9.80 Å². The first-order valence-electron chi connectivity index (χ1n) is 12.9. The Morgan fingerprint density at radius 2 is 1.85 bits per heavy atom. The summed E-state index contributed by atoms with van der Waals surface area (Å²) in [5.41, 5.74) is 1.91. The summed E-state index contributed by atoms with van der Waals surface area (Å²) in [6.07, 6.45) is 1.30. The number of halogens is 2. The molecule has 7 nitrogen and oxygen atoms in total. The van der Waals surface area contributed by atoms with E-state index in [1.165, 1.54) is 16.7 Å². The number of piperazine rings is 1. The molecule has 2 aromatic heterocycles. The van der Waals surface area contributed by atoms with Crippen LogP contribution in [0.3, 0.4) is 0 Å². The minimum absolute atomic E-state index is 0.122. The number of carbonyl (C=O) groups is 1. The quantitative estimate of drug-likeness (QED) is 0.306. The number of carbonyl (C=O) groups excluding carboxylic acids is 1. The normalized spacial score (nSPS) is 15.7. The lowest BCUT2D eigenvalue weighted by Crippen LogP contribution is -2.54. The Bertz CT molecular complexity index is 1650. The Balaban J connectivity index is 1.78. The van der Waals surface area contributed by atoms with Crippen molar-refractivity contribution in [3.8, 4) is 16.9 Å². The minimum Gasteiger partial charge on any atom is -0.350 e. The highest BCUT2D eigenvalue weighted by Crippen LogP contribution is 2.35. The third kappa shape index (κ3) is 4.81. The SMILES string of the molecule is C=CC(=O)N1CCN(c2nc(=O)n(-c3ccccc3C(C)C)c3nc(-c4ccccc4F)c(Cl)cc23)C(C)C1. The summed E-state index contributed by atoms with van der Waals surface area (Å²) in [5.74, 6) is -0.0504. The Morgan fingerprint density at radius 3 is 2.54 bits per heavy atom. The van der Waals surface area contributed by atoms with Crippen LogP contribution in [0.5, 0.6) is 0 Å². The van der Waals surface area contributed by atoms with E-state index in [0.29, 0.717) is 42.2 Å². The maximum absolute atomic E-state index is 14.9. The van der Waals surface area contributed by atoms with Gasteiger partial charge in [-0.1, -0.05) is 62.4 Å². The summed E-state index contributed by atoms with van der Waals surface area (Å²) in [6, 6.07) is 15.5. The molecule has 1 aliphatic heterocycles. The van der Waals surface area contributed by atoms with Gasteiger partial charge in [0.2, 0.25) is 5.91 Å². The van der Waals surface area contributed by atoms with Gasteiger partial charge in [-0.2, -0.15) is 4.98 Å². The van der Waals surface area contributed by atoms with E-state index in [1.807, 2.05) is 36.1 Å². The van der Waals surface area contributed by atoms with Gasteiger partial charge in [0.15, 0.2) is 5.65 Å². The van der Waals surface area contributed by atoms with Crippen molar-refractivity contribution >= 4 is 34.4 Å². The van der Waals surface area contributed by atoms with Crippen molar-refractivity contribution < 1.29 is 9.18 Å². The monoisotopic (exact) mass is 545 g/mol. The zero-order valence-electron chi connectivity index (χ0n) is 22.1. The smallest absolute Gasteiger partial charge is 0.350 e. The van der Waals surface area contributed by atoms with Crippen molar-refractivity contribution in [1.82, 2.24) is 19.4 Å². The fourth-order valence-electron chi connectivity index (χ4n) is 5.16. The van der Waals surface area contributed by atoms with E-state index in [-0.39, 0.29) is 34.1 Å². The lowest BCUT2D eigenvalue weighted by molar-refractivity contribution is -0.126. The molecule has 1 saturated heterocycles. The number of amides is 1. The van der Waals surface area contributed by atoms with Crippen LogP contribution < -0.4 is 10.6 Å². The summed E-state index contributed by atoms with van der Waals surface area (Å²) >= 11 is 6.73. The third-order valence-electron chi connectivity index (χ3n) is 7.12. The van der Waals surface area contributed by atoms with Crippen LogP contribution in [0.15, 0.2) is 72.0 Å². The van der Waals surface area contributed by atoms with Crippen LogP contribution in [0.25, 0.3) is 28.0 Å². The predicted octanol–water partition coefficient (Wildman–Crippen LogP) is 5.59. The molecule has 1 fully saturated rings. The van der Waals surface area contributed by atoms with E-state index >= 15 is 0 Å². The standard InChI is InChI=1S/C30H29ClFN5O2/c1-5-26(38)35-14-15-36(19(4)17-35)28-22-16-23(31)27(21-11-6-8-12-24(21)32)33-29(22)37(30(39)34-28)25-13-9-7-10-20(25)18(2)3/h5-13,16,18-19H,1,14-15,17H2,2-4H3. The number of benzene rings is 2. The predicted molar refractivity (Wildman–Crippen MR) is 153 cm³/mol. The van der Waals surface area contributed by atoms with Gasteiger partial charge in [0, 0.05) is 31.2 Å². The molecular weight excluding hydrogens is 517 g/mol. The number of pyridine rings is 1. The van der Waals surface area contributed by atoms with E-state index < -0.39 is 11.5 Å². The van der Waals surface area contributed by atoms with Crippen LogP contribution in [0, 0.1) is 5.82 Å². The summed E-state index contributed by atoms with van der Waals surface area (Å²) in [5, 5.41) is 0.805. The molecule has 0 saturated carbocycles. The summed E-state index contributed by atoms with van der Waals surface area (Å²) in [6.45, 7) is 11.0. The molecule has 200 valence electrons. The zero-order valence-corrected chi connectivity index (χ0v) is 22.8. The molecule has 39 heavy (non-hydrogen) atoms. The van der Waals surface area contributed by atoms with Crippen LogP contribution >= 0.6 is 11.6 Å². The van der Waals surface area contributed by atoms with Crippen molar-refractivity contribution in [2.75, 3.05) is 24.5 Å². The molecule has 1 atom stereocenters. The van der Waals surface area contributed by atoms with Gasteiger partial charge in [-0.3, -0.25) is 4.79 Å². The van der Waals surface area contributed by atoms with Crippen molar-refractivity contribution in [3.63, 3.8) is 0 Å². The molecule has 2 aromatic carbocycles. The molecule has 9 heteroatoms. The van der Waals surface area contributed by atoms with Crippen molar-refractivity contribution in [3.05, 3.63) is 94.1 Å². The van der Waals surface area contributed by atoms with Gasteiger partial charge in [-0.05, 0) is 48.7 Å². The molecule has 3 heterocycles. The van der Waals surface area contributed by atoms with Crippen LogP contribution in [0.4, 0.5) is 10.2 Å². The molecule has 0 bridgehead atoms. The van der Waals surface area contributed by atoms with E-state index in [4.69, 9.17) is 16.6 Å². The topological polar surface area (TPSA) is 71.3 Å². The Kier molecular flexibility index (Phi) is 7.23. The molecule has 1 aliphatic rings. The number of hydrogen-bond donors (Lipinski definition) is 0. The number of nitrogens with zero attached hydrogens (tertiary/aromatic N) is 5. The first kappa shape index (κ1) is 26.6. The van der Waals surface area contributed by atoms with E-state index in [1.54, 1.807) is 29.2 Å². The number of rotatable bonds is 5. The first-order valence-corrected chi connectivity index (χ1v) is 13.2. The molecule has 5 rings (SSSR count). The average molecular weight is 546 g/mol. The van der Waals surface area contributed by atoms with Crippen molar-refractivity contribution in [1.29, 1.82) is 0 Å². The fourth-order valence-corrected chi connectivity index (χ4v) is 5.42. The molecule has 1 amide bonds. The fraction of sp³-hybridized carbons (Fsp3) is 0.267. The van der Waals surface area contributed by atoms with Gasteiger partial charge in [-0.25, -0.2) is 18.7 Å². The van der Waals surface area contributed by atoms with E-state index in [2.05, 4.69) is 25.4 Å². The van der Waals surface area contributed by atoms with E-state index in [9.17, 15) is 14.0 Å². The number of anilines is 1. The Labute approximate surface area is 231 Å². The summed E-state index contributed by atoms with van der Waals surface area (Å²) in [7, 11) is 0. The molecular formula is C30H29ClFN5O2. The van der Waals surface area contributed by atoms with Crippen LogP contribution in [-0.2, 0) is 4.79 Å². The molecule has 0 aliphatic carbocycles. The van der Waals surface area contributed by atoms with Crippen LogP contribution in [-0.4, -0.2) is 51.0 Å². The molecule has 0 spiro atoms. The Hall–Kier alpha value is -4.04. The van der Waals surface area contributed by atoms with Gasteiger partial charge in [-0.15, -0.1) is 0 Å². The second-order valence-electron chi connectivity index (χ2n) is 9.97. The highest BCUT2D eigenvalue weighted by atomic mass is 35.5. The maximum Gasteiger partial charge on any atom is 0.355 e. The van der Waals surface area contributed by atoms with Gasteiger partial charge in [0.25, 0.3) is 0 Å².